The lowest BCUT2D eigenvalue weighted by atomic mass is 9.81. The smallest absolute Gasteiger partial charge is 0.242 e. The van der Waals surface area contributed by atoms with Crippen molar-refractivity contribution >= 4 is 46.0 Å². The third-order valence-electron chi connectivity index (χ3n) is 8.09. The lowest BCUT2D eigenvalue weighted by Crippen LogP contribution is -2.49. The number of H-pyrrole nitrogens is 1. The van der Waals surface area contributed by atoms with Gasteiger partial charge in [0.05, 0.1) is 24.2 Å². The number of primary amides is 1. The molecule has 0 aliphatic heterocycles. The highest BCUT2D eigenvalue weighted by Gasteiger charge is 2.29. The highest BCUT2D eigenvalue weighted by Crippen LogP contribution is 2.31. The van der Waals surface area contributed by atoms with Gasteiger partial charge in [0.1, 0.15) is 11.9 Å². The molecule has 5 rings (SSSR count). The van der Waals surface area contributed by atoms with Gasteiger partial charge < -0.3 is 26.1 Å². The third-order valence-corrected chi connectivity index (χ3v) is 8.32. The minimum absolute atomic E-state index is 0.00915. The van der Waals surface area contributed by atoms with Gasteiger partial charge in [-0.25, -0.2) is 4.98 Å². The number of imidazole rings is 1. The SMILES string of the molecule is NC(=O)C(COCc1ccccc1)NC(=O)[C@@H](CC(=O)Nc1ccc(-c2nc3ccc(Cl)cc3[nH]2)cc1)CC1CCCCC1. The molecule has 4 aromatic rings. The van der Waals surface area contributed by atoms with Crippen molar-refractivity contribution in [2.24, 2.45) is 17.6 Å². The maximum atomic E-state index is 13.5. The van der Waals surface area contributed by atoms with Gasteiger partial charge in [-0.05, 0) is 60.4 Å². The Hall–Kier alpha value is -4.21. The molecule has 44 heavy (non-hydrogen) atoms. The lowest BCUT2D eigenvalue weighted by Gasteiger charge is -2.27. The first-order valence-corrected chi connectivity index (χ1v) is 15.5. The van der Waals surface area contributed by atoms with E-state index in [0.717, 1.165) is 47.8 Å². The number of benzene rings is 3. The molecule has 10 heteroatoms. The van der Waals surface area contributed by atoms with Gasteiger partial charge in [0.25, 0.3) is 0 Å². The fourth-order valence-corrected chi connectivity index (χ4v) is 5.90. The second kappa shape index (κ2) is 15.0. The van der Waals surface area contributed by atoms with Crippen LogP contribution in [-0.4, -0.2) is 40.3 Å². The number of nitrogens with two attached hydrogens (primary N) is 1. The molecule has 3 aromatic carbocycles. The summed E-state index contributed by atoms with van der Waals surface area (Å²) in [4.78, 5) is 46.7. The van der Waals surface area contributed by atoms with Gasteiger partial charge in [-0.3, -0.25) is 14.4 Å². The Bertz CT molecular complexity index is 1570. The summed E-state index contributed by atoms with van der Waals surface area (Å²) in [5.41, 5.74) is 9.68. The van der Waals surface area contributed by atoms with Crippen LogP contribution in [0.4, 0.5) is 5.69 Å². The largest absolute Gasteiger partial charge is 0.374 e. The highest BCUT2D eigenvalue weighted by atomic mass is 35.5. The van der Waals surface area contributed by atoms with E-state index in [1.165, 1.54) is 6.42 Å². The van der Waals surface area contributed by atoms with Crippen LogP contribution >= 0.6 is 11.6 Å². The number of hydrogen-bond donors (Lipinski definition) is 4. The Kier molecular flexibility index (Phi) is 10.6. The van der Waals surface area contributed by atoms with E-state index in [9.17, 15) is 14.4 Å². The molecule has 9 nitrogen and oxygen atoms in total. The summed E-state index contributed by atoms with van der Waals surface area (Å²) < 4.78 is 5.69. The lowest BCUT2D eigenvalue weighted by molar-refractivity contribution is -0.133. The summed E-state index contributed by atoms with van der Waals surface area (Å²) in [5.74, 6) is -0.871. The molecular weight excluding hydrogens is 578 g/mol. The first-order valence-electron chi connectivity index (χ1n) is 15.1. The second-order valence-electron chi connectivity index (χ2n) is 11.5. The number of rotatable bonds is 13. The zero-order valence-electron chi connectivity index (χ0n) is 24.6. The Balaban J connectivity index is 1.21. The summed E-state index contributed by atoms with van der Waals surface area (Å²) in [5, 5.41) is 6.31. The molecule has 1 aliphatic carbocycles. The molecule has 0 bridgehead atoms. The Morgan fingerprint density at radius 1 is 1.00 bits per heavy atom. The number of fused-ring (bicyclic) bond motifs is 1. The quantitative estimate of drug-likeness (QED) is 0.146. The van der Waals surface area contributed by atoms with Crippen LogP contribution in [0.5, 0.6) is 0 Å². The van der Waals surface area contributed by atoms with Crippen molar-refractivity contribution in [1.82, 2.24) is 15.3 Å². The van der Waals surface area contributed by atoms with Crippen LogP contribution in [0.25, 0.3) is 22.4 Å². The van der Waals surface area contributed by atoms with E-state index >= 15 is 0 Å². The number of hydrogen-bond acceptors (Lipinski definition) is 5. The maximum Gasteiger partial charge on any atom is 0.242 e. The molecular formula is C34H38ClN5O4. The zero-order valence-corrected chi connectivity index (χ0v) is 25.3. The zero-order chi connectivity index (χ0) is 30.9. The van der Waals surface area contributed by atoms with Gasteiger partial charge in [0, 0.05) is 28.6 Å². The van der Waals surface area contributed by atoms with Crippen LogP contribution in [0.15, 0.2) is 72.8 Å². The van der Waals surface area contributed by atoms with Crippen molar-refractivity contribution in [3.63, 3.8) is 0 Å². The van der Waals surface area contributed by atoms with Gasteiger partial charge in [0.15, 0.2) is 0 Å². The van der Waals surface area contributed by atoms with Crippen molar-refractivity contribution < 1.29 is 19.1 Å². The van der Waals surface area contributed by atoms with Crippen LogP contribution in [0.2, 0.25) is 5.02 Å². The predicted octanol–water partition coefficient (Wildman–Crippen LogP) is 5.99. The van der Waals surface area contributed by atoms with Crippen molar-refractivity contribution in [2.45, 2.75) is 57.6 Å². The number of carbonyl (C=O) groups is 3. The van der Waals surface area contributed by atoms with Gasteiger partial charge >= 0.3 is 0 Å². The maximum absolute atomic E-state index is 13.5. The summed E-state index contributed by atoms with van der Waals surface area (Å²) >= 11 is 6.09. The third kappa shape index (κ3) is 8.67. The van der Waals surface area contributed by atoms with Crippen LogP contribution in [0.3, 0.4) is 0 Å². The van der Waals surface area contributed by atoms with Gasteiger partial charge in [-0.2, -0.15) is 0 Å². The number of carbonyl (C=O) groups excluding carboxylic acids is 3. The number of ether oxygens (including phenoxy) is 1. The molecule has 5 N–H and O–H groups in total. The van der Waals surface area contributed by atoms with E-state index in [0.29, 0.717) is 28.9 Å². The molecule has 0 spiro atoms. The molecule has 230 valence electrons. The molecule has 1 fully saturated rings. The van der Waals surface area contributed by atoms with E-state index in [1.807, 2.05) is 54.6 Å². The number of aromatic amines is 1. The monoisotopic (exact) mass is 615 g/mol. The van der Waals surface area contributed by atoms with Gasteiger partial charge in [0.2, 0.25) is 17.7 Å². The first kappa shape index (κ1) is 31.2. The molecule has 0 saturated heterocycles. The number of amides is 3. The van der Waals surface area contributed by atoms with Crippen molar-refractivity contribution in [3.05, 3.63) is 83.4 Å². The summed E-state index contributed by atoms with van der Waals surface area (Å²) in [7, 11) is 0. The fraction of sp³-hybridized carbons (Fsp3) is 0.353. The van der Waals surface area contributed by atoms with E-state index in [2.05, 4.69) is 20.6 Å². The van der Waals surface area contributed by atoms with E-state index in [4.69, 9.17) is 22.1 Å². The van der Waals surface area contributed by atoms with Gasteiger partial charge in [-0.15, -0.1) is 0 Å². The Morgan fingerprint density at radius 2 is 1.75 bits per heavy atom. The highest BCUT2D eigenvalue weighted by molar-refractivity contribution is 6.31. The topological polar surface area (TPSA) is 139 Å². The van der Waals surface area contributed by atoms with Crippen molar-refractivity contribution in [2.75, 3.05) is 11.9 Å². The number of nitrogens with zero attached hydrogens (tertiary/aromatic N) is 1. The fourth-order valence-electron chi connectivity index (χ4n) is 5.73. The Morgan fingerprint density at radius 3 is 2.48 bits per heavy atom. The molecule has 3 amide bonds. The molecule has 1 aromatic heterocycles. The van der Waals surface area contributed by atoms with Crippen LogP contribution < -0.4 is 16.4 Å². The summed E-state index contributed by atoms with van der Waals surface area (Å²) in [6.07, 6.45) is 6.05. The molecule has 1 heterocycles. The van der Waals surface area contributed by atoms with Crippen molar-refractivity contribution in [3.8, 4) is 11.4 Å². The number of nitrogens with one attached hydrogen (secondary N) is 3. The predicted molar refractivity (Wildman–Crippen MR) is 172 cm³/mol. The van der Waals surface area contributed by atoms with Crippen LogP contribution in [-0.2, 0) is 25.7 Å². The molecule has 1 unspecified atom stereocenters. The van der Waals surface area contributed by atoms with Gasteiger partial charge in [-0.1, -0.05) is 74.0 Å². The molecule has 1 saturated carbocycles. The molecule has 0 radical (unpaired) electrons. The van der Waals surface area contributed by atoms with Crippen molar-refractivity contribution in [1.29, 1.82) is 0 Å². The van der Waals surface area contributed by atoms with E-state index in [1.54, 1.807) is 18.2 Å². The number of halogens is 1. The summed E-state index contributed by atoms with van der Waals surface area (Å²) in [6, 6.07) is 21.4. The standard InChI is InChI=1S/C34H38ClN5O4/c35-26-13-16-28-29(19-26)39-33(38-28)24-11-14-27(15-12-24)37-31(41)18-25(17-22-7-3-1-4-8-22)34(43)40-30(32(36)42)21-44-20-23-9-5-2-6-10-23/h2,5-6,9-16,19,22,25,30H,1,3-4,7-8,17-18,20-21H2,(H2,36,42)(H,37,41)(H,38,39)(H,40,43)/t25-,30?/m1/s1. The summed E-state index contributed by atoms with van der Waals surface area (Å²) in [6.45, 7) is 0.237. The minimum Gasteiger partial charge on any atom is -0.374 e. The number of aromatic nitrogens is 2. The van der Waals surface area contributed by atoms with E-state index in [-0.39, 0.29) is 31.4 Å². The molecule has 1 aliphatic rings. The number of anilines is 1. The minimum atomic E-state index is -0.995. The first-order chi connectivity index (χ1) is 21.3. The average molecular weight is 616 g/mol. The second-order valence-corrected chi connectivity index (χ2v) is 11.9. The van der Waals surface area contributed by atoms with Crippen LogP contribution in [0, 0.1) is 11.8 Å². The van der Waals surface area contributed by atoms with Crippen LogP contribution in [0.1, 0.15) is 50.5 Å². The normalized spacial score (nSPS) is 15.0. The Labute approximate surface area is 261 Å². The molecule has 2 atom stereocenters. The average Bonchev–Trinajstić information content (AvgIpc) is 3.45. The van der Waals surface area contributed by atoms with E-state index < -0.39 is 17.9 Å².